The van der Waals surface area contributed by atoms with Crippen molar-refractivity contribution in [2.45, 2.75) is 39.7 Å². The molecule has 0 radical (unpaired) electrons. The number of para-hydroxylation sites is 1. The standard InChI is InChI=1S/C17H25NO2/c1-4-18-15(10-7-11-19-5-2)16-12-14-9-6-8-13(3)17(14)20-16/h6,8-9,12,15,18H,4-5,7,10-11H2,1-3H3. The smallest absolute Gasteiger partial charge is 0.137 e. The van der Waals surface area contributed by atoms with Crippen LogP contribution >= 0.6 is 0 Å². The van der Waals surface area contributed by atoms with Crippen LogP contribution in [-0.2, 0) is 4.74 Å². The van der Waals surface area contributed by atoms with Gasteiger partial charge in [0.1, 0.15) is 11.3 Å². The highest BCUT2D eigenvalue weighted by molar-refractivity contribution is 5.80. The number of fused-ring (bicyclic) bond motifs is 1. The van der Waals surface area contributed by atoms with Crippen LogP contribution in [0.1, 0.15) is 44.1 Å². The van der Waals surface area contributed by atoms with Gasteiger partial charge < -0.3 is 14.5 Å². The van der Waals surface area contributed by atoms with Crippen LogP contribution in [0.4, 0.5) is 0 Å². The molecule has 0 aliphatic rings. The molecule has 0 bridgehead atoms. The van der Waals surface area contributed by atoms with Gasteiger partial charge in [0, 0.05) is 18.6 Å². The van der Waals surface area contributed by atoms with Crippen LogP contribution in [0.25, 0.3) is 11.0 Å². The molecule has 0 saturated heterocycles. The van der Waals surface area contributed by atoms with Crippen molar-refractivity contribution in [3.63, 3.8) is 0 Å². The fourth-order valence-electron chi connectivity index (χ4n) is 2.53. The highest BCUT2D eigenvalue weighted by Crippen LogP contribution is 2.28. The van der Waals surface area contributed by atoms with Crippen molar-refractivity contribution in [3.8, 4) is 0 Å². The Bertz CT molecular complexity index is 533. The number of hydrogen-bond acceptors (Lipinski definition) is 3. The summed E-state index contributed by atoms with van der Waals surface area (Å²) in [5.41, 5.74) is 2.20. The molecule has 1 N–H and O–H groups in total. The maximum Gasteiger partial charge on any atom is 0.137 e. The highest BCUT2D eigenvalue weighted by atomic mass is 16.5. The van der Waals surface area contributed by atoms with Gasteiger partial charge in [0.25, 0.3) is 0 Å². The molecule has 2 aromatic rings. The second-order valence-corrected chi connectivity index (χ2v) is 5.09. The first-order valence-electron chi connectivity index (χ1n) is 7.56. The summed E-state index contributed by atoms with van der Waals surface area (Å²) in [4.78, 5) is 0. The summed E-state index contributed by atoms with van der Waals surface area (Å²) in [5.74, 6) is 1.03. The van der Waals surface area contributed by atoms with E-state index in [2.05, 4.69) is 43.4 Å². The molecule has 1 heterocycles. The number of aryl methyl sites for hydroxylation is 1. The third-order valence-corrected chi connectivity index (χ3v) is 3.54. The molecule has 1 atom stereocenters. The summed E-state index contributed by atoms with van der Waals surface area (Å²) in [6.07, 6.45) is 2.08. The first kappa shape index (κ1) is 15.1. The van der Waals surface area contributed by atoms with Crippen LogP contribution in [0.15, 0.2) is 28.7 Å². The molecule has 0 spiro atoms. The minimum atomic E-state index is 0.271. The number of rotatable bonds is 8. The van der Waals surface area contributed by atoms with Gasteiger partial charge in [-0.3, -0.25) is 0 Å². The summed E-state index contributed by atoms with van der Waals surface area (Å²) in [7, 11) is 0. The van der Waals surface area contributed by atoms with Crippen molar-refractivity contribution in [3.05, 3.63) is 35.6 Å². The molecule has 0 aliphatic heterocycles. The third-order valence-electron chi connectivity index (χ3n) is 3.54. The van der Waals surface area contributed by atoms with Crippen molar-refractivity contribution in [1.82, 2.24) is 5.32 Å². The summed E-state index contributed by atoms with van der Waals surface area (Å²) in [6.45, 7) is 8.79. The molecule has 0 amide bonds. The van der Waals surface area contributed by atoms with E-state index in [1.165, 1.54) is 10.9 Å². The first-order chi connectivity index (χ1) is 9.76. The van der Waals surface area contributed by atoms with E-state index in [4.69, 9.17) is 9.15 Å². The number of nitrogens with one attached hydrogen (secondary N) is 1. The average Bonchev–Trinajstić information content (AvgIpc) is 2.88. The lowest BCUT2D eigenvalue weighted by Crippen LogP contribution is -2.20. The molecule has 0 saturated carbocycles. The van der Waals surface area contributed by atoms with E-state index < -0.39 is 0 Å². The summed E-state index contributed by atoms with van der Waals surface area (Å²) >= 11 is 0. The molecule has 0 aliphatic carbocycles. The fourth-order valence-corrected chi connectivity index (χ4v) is 2.53. The fraction of sp³-hybridized carbons (Fsp3) is 0.529. The lowest BCUT2D eigenvalue weighted by atomic mass is 10.1. The van der Waals surface area contributed by atoms with Gasteiger partial charge in [-0.05, 0) is 44.9 Å². The zero-order valence-corrected chi connectivity index (χ0v) is 12.7. The number of benzene rings is 1. The van der Waals surface area contributed by atoms with Crippen LogP contribution in [-0.4, -0.2) is 19.8 Å². The molecule has 1 aromatic heterocycles. The minimum Gasteiger partial charge on any atom is -0.459 e. The summed E-state index contributed by atoms with van der Waals surface area (Å²) in [5, 5.41) is 4.69. The highest BCUT2D eigenvalue weighted by Gasteiger charge is 2.15. The SMILES string of the molecule is CCNC(CCCOCC)c1cc2cccc(C)c2o1. The quantitative estimate of drug-likeness (QED) is 0.733. The number of ether oxygens (including phenoxy) is 1. The largest absolute Gasteiger partial charge is 0.459 e. The van der Waals surface area contributed by atoms with Gasteiger partial charge in [-0.25, -0.2) is 0 Å². The van der Waals surface area contributed by atoms with Gasteiger partial charge in [0.05, 0.1) is 6.04 Å². The second kappa shape index (κ2) is 7.46. The lowest BCUT2D eigenvalue weighted by molar-refractivity contribution is 0.140. The van der Waals surface area contributed by atoms with Crippen LogP contribution < -0.4 is 5.32 Å². The third kappa shape index (κ3) is 3.62. The van der Waals surface area contributed by atoms with Crippen molar-refractivity contribution in [2.24, 2.45) is 0 Å². The molecule has 0 fully saturated rings. The van der Waals surface area contributed by atoms with Gasteiger partial charge >= 0.3 is 0 Å². The maximum atomic E-state index is 6.07. The second-order valence-electron chi connectivity index (χ2n) is 5.09. The van der Waals surface area contributed by atoms with Gasteiger partial charge in [0.2, 0.25) is 0 Å². The Morgan fingerprint density at radius 3 is 2.85 bits per heavy atom. The maximum absolute atomic E-state index is 6.07. The Morgan fingerprint density at radius 2 is 2.15 bits per heavy atom. The van der Waals surface area contributed by atoms with Crippen molar-refractivity contribution < 1.29 is 9.15 Å². The topological polar surface area (TPSA) is 34.4 Å². The van der Waals surface area contributed by atoms with Crippen molar-refractivity contribution in [2.75, 3.05) is 19.8 Å². The normalized spacial score (nSPS) is 12.9. The van der Waals surface area contributed by atoms with E-state index in [-0.39, 0.29) is 6.04 Å². The molecule has 1 unspecified atom stereocenters. The van der Waals surface area contributed by atoms with Crippen LogP contribution in [0.5, 0.6) is 0 Å². The van der Waals surface area contributed by atoms with E-state index in [1.807, 2.05) is 6.92 Å². The van der Waals surface area contributed by atoms with Gasteiger partial charge in [-0.1, -0.05) is 25.1 Å². The van der Waals surface area contributed by atoms with Gasteiger partial charge in [0.15, 0.2) is 0 Å². The van der Waals surface area contributed by atoms with Crippen LogP contribution in [0.3, 0.4) is 0 Å². The van der Waals surface area contributed by atoms with Crippen LogP contribution in [0, 0.1) is 6.92 Å². The molecular weight excluding hydrogens is 250 g/mol. The van der Waals surface area contributed by atoms with Crippen molar-refractivity contribution >= 4 is 11.0 Å². The molecule has 1 aromatic carbocycles. The Morgan fingerprint density at radius 1 is 1.30 bits per heavy atom. The molecule has 2 rings (SSSR count). The Kier molecular flexibility index (Phi) is 5.62. The molecule has 3 nitrogen and oxygen atoms in total. The Hall–Kier alpha value is -1.32. The Labute approximate surface area is 121 Å². The lowest BCUT2D eigenvalue weighted by Gasteiger charge is -2.15. The predicted octanol–water partition coefficient (Wildman–Crippen LogP) is 4.21. The molecule has 110 valence electrons. The van der Waals surface area contributed by atoms with E-state index in [1.54, 1.807) is 0 Å². The van der Waals surface area contributed by atoms with Crippen LogP contribution in [0.2, 0.25) is 0 Å². The molecular formula is C17H25NO2. The number of hydrogen-bond donors (Lipinski definition) is 1. The monoisotopic (exact) mass is 275 g/mol. The average molecular weight is 275 g/mol. The minimum absolute atomic E-state index is 0.271. The van der Waals surface area contributed by atoms with E-state index in [0.717, 1.165) is 43.9 Å². The van der Waals surface area contributed by atoms with Crippen molar-refractivity contribution in [1.29, 1.82) is 0 Å². The zero-order chi connectivity index (χ0) is 14.4. The van der Waals surface area contributed by atoms with Gasteiger partial charge in [-0.2, -0.15) is 0 Å². The van der Waals surface area contributed by atoms with E-state index in [0.29, 0.717) is 0 Å². The van der Waals surface area contributed by atoms with E-state index >= 15 is 0 Å². The first-order valence-corrected chi connectivity index (χ1v) is 7.56. The zero-order valence-electron chi connectivity index (χ0n) is 12.7. The van der Waals surface area contributed by atoms with Gasteiger partial charge in [-0.15, -0.1) is 0 Å². The summed E-state index contributed by atoms with van der Waals surface area (Å²) < 4.78 is 11.5. The number of furan rings is 1. The molecule has 3 heteroatoms. The molecule has 20 heavy (non-hydrogen) atoms. The van der Waals surface area contributed by atoms with E-state index in [9.17, 15) is 0 Å². The predicted molar refractivity (Wildman–Crippen MR) is 83.1 cm³/mol. The summed E-state index contributed by atoms with van der Waals surface area (Å²) in [6, 6.07) is 8.71. The Balaban J connectivity index is 2.12.